The first-order chi connectivity index (χ1) is 13.7. The Morgan fingerprint density at radius 2 is 1.79 bits per heavy atom. The van der Waals surface area contributed by atoms with E-state index in [0.29, 0.717) is 17.3 Å². The van der Waals surface area contributed by atoms with E-state index < -0.39 is 32.5 Å². The highest BCUT2D eigenvalue weighted by Crippen LogP contribution is 2.26. The summed E-state index contributed by atoms with van der Waals surface area (Å²) in [4.78, 5) is 7.81. The molecule has 5 nitrogen and oxygen atoms in total. The normalized spacial score (nSPS) is 11.7. The molecule has 3 rings (SSSR count). The van der Waals surface area contributed by atoms with E-state index in [0.717, 1.165) is 18.3 Å². The first-order valence-electron chi connectivity index (χ1n) is 8.71. The number of rotatable bonds is 6. The minimum absolute atomic E-state index is 0.0195. The molecule has 3 aromatic rings. The topological polar surface area (TPSA) is 72.0 Å². The summed E-state index contributed by atoms with van der Waals surface area (Å²) >= 11 is 0. The number of aromatic nitrogens is 2. The fourth-order valence-electron chi connectivity index (χ4n) is 2.56. The molecule has 0 radical (unpaired) electrons. The van der Waals surface area contributed by atoms with Gasteiger partial charge in [-0.3, -0.25) is 0 Å². The summed E-state index contributed by atoms with van der Waals surface area (Å²) < 4.78 is 65.5. The maximum absolute atomic E-state index is 14.1. The summed E-state index contributed by atoms with van der Waals surface area (Å²) in [5.41, 5.74) is 0.527. The molecule has 0 aliphatic heterocycles. The third-order valence-corrected chi connectivity index (χ3v) is 6.37. The van der Waals surface area contributed by atoms with Crippen LogP contribution in [0.2, 0.25) is 0 Å². The van der Waals surface area contributed by atoms with Gasteiger partial charge in [-0.1, -0.05) is 12.1 Å². The minimum Gasteiger partial charge on any atom is -0.324 e. The summed E-state index contributed by atoms with van der Waals surface area (Å²) in [6.07, 6.45) is 0.876. The minimum atomic E-state index is -3.28. The molecule has 0 unspecified atom stereocenters. The predicted octanol–water partition coefficient (Wildman–Crippen LogP) is 4.63. The van der Waals surface area contributed by atoms with Gasteiger partial charge in [-0.2, -0.15) is 0 Å². The van der Waals surface area contributed by atoms with Gasteiger partial charge in [0.2, 0.25) is 5.95 Å². The Bertz CT molecular complexity index is 1150. The lowest BCUT2D eigenvalue weighted by molar-refractivity contribution is 0.580. The summed E-state index contributed by atoms with van der Waals surface area (Å²) in [5, 5.41) is 2.34. The third-order valence-electron chi connectivity index (χ3n) is 4.20. The van der Waals surface area contributed by atoms with Crippen LogP contribution in [-0.4, -0.2) is 23.6 Å². The Labute approximate surface area is 166 Å². The molecule has 1 aromatic heterocycles. The standard InChI is InChI=1S/C20H18F3N3O2S/c1-12(2)29(27,28)11-13-4-3-5-15(8-13)25-20-24-10-18(23)19(26-20)16-7-6-14(21)9-17(16)22/h3-10,12H,11H2,1-2H3,(H,24,25,26). The summed E-state index contributed by atoms with van der Waals surface area (Å²) in [5.74, 6) is -2.75. The van der Waals surface area contributed by atoms with Gasteiger partial charge < -0.3 is 5.32 Å². The van der Waals surface area contributed by atoms with Crippen LogP contribution in [-0.2, 0) is 15.6 Å². The highest BCUT2D eigenvalue weighted by atomic mass is 32.2. The van der Waals surface area contributed by atoms with Crippen molar-refractivity contribution in [3.8, 4) is 11.3 Å². The summed E-state index contributed by atoms with van der Waals surface area (Å²) in [6, 6.07) is 9.36. The van der Waals surface area contributed by atoms with Crippen molar-refractivity contribution in [1.29, 1.82) is 0 Å². The van der Waals surface area contributed by atoms with Crippen LogP contribution in [0.1, 0.15) is 19.4 Å². The molecular formula is C20H18F3N3O2S. The molecule has 1 N–H and O–H groups in total. The van der Waals surface area contributed by atoms with Crippen molar-refractivity contribution in [3.63, 3.8) is 0 Å². The Hall–Kier alpha value is -2.94. The van der Waals surface area contributed by atoms with Crippen LogP contribution < -0.4 is 5.32 Å². The molecule has 0 atom stereocenters. The number of hydrogen-bond donors (Lipinski definition) is 1. The summed E-state index contributed by atoms with van der Waals surface area (Å²) in [6.45, 7) is 3.22. The van der Waals surface area contributed by atoms with Gasteiger partial charge in [-0.05, 0) is 43.7 Å². The SMILES string of the molecule is CC(C)S(=O)(=O)Cc1cccc(Nc2ncc(F)c(-c3ccc(F)cc3F)n2)c1. The molecule has 29 heavy (non-hydrogen) atoms. The lowest BCUT2D eigenvalue weighted by Crippen LogP contribution is -2.16. The van der Waals surface area contributed by atoms with Crippen molar-refractivity contribution in [3.05, 3.63) is 71.7 Å². The highest BCUT2D eigenvalue weighted by molar-refractivity contribution is 7.91. The van der Waals surface area contributed by atoms with Crippen molar-refractivity contribution >= 4 is 21.5 Å². The van der Waals surface area contributed by atoms with Crippen molar-refractivity contribution in [2.24, 2.45) is 0 Å². The van der Waals surface area contributed by atoms with Gasteiger partial charge in [0.15, 0.2) is 15.7 Å². The quantitative estimate of drug-likeness (QED) is 0.628. The van der Waals surface area contributed by atoms with Gasteiger partial charge in [-0.15, -0.1) is 0 Å². The van der Waals surface area contributed by atoms with E-state index in [1.54, 1.807) is 38.1 Å². The average molecular weight is 421 g/mol. The highest BCUT2D eigenvalue weighted by Gasteiger charge is 2.17. The van der Waals surface area contributed by atoms with Crippen molar-refractivity contribution in [1.82, 2.24) is 9.97 Å². The molecule has 2 aromatic carbocycles. The second-order valence-electron chi connectivity index (χ2n) is 6.70. The molecule has 0 bridgehead atoms. The van der Waals surface area contributed by atoms with Crippen LogP contribution in [0.3, 0.4) is 0 Å². The van der Waals surface area contributed by atoms with Gasteiger partial charge >= 0.3 is 0 Å². The van der Waals surface area contributed by atoms with Crippen LogP contribution in [0.4, 0.5) is 24.8 Å². The van der Waals surface area contributed by atoms with Gasteiger partial charge in [0.1, 0.15) is 17.3 Å². The van der Waals surface area contributed by atoms with Gasteiger partial charge in [0, 0.05) is 17.3 Å². The fraction of sp³-hybridized carbons (Fsp3) is 0.200. The average Bonchev–Trinajstić information content (AvgIpc) is 2.63. The lowest BCUT2D eigenvalue weighted by atomic mass is 10.1. The molecular weight excluding hydrogens is 403 g/mol. The zero-order valence-electron chi connectivity index (χ0n) is 15.7. The lowest BCUT2D eigenvalue weighted by Gasteiger charge is -2.11. The maximum Gasteiger partial charge on any atom is 0.227 e. The number of hydrogen-bond acceptors (Lipinski definition) is 5. The van der Waals surface area contributed by atoms with E-state index in [-0.39, 0.29) is 23.0 Å². The smallest absolute Gasteiger partial charge is 0.227 e. The van der Waals surface area contributed by atoms with E-state index in [1.165, 1.54) is 0 Å². The van der Waals surface area contributed by atoms with E-state index in [9.17, 15) is 21.6 Å². The molecule has 0 aliphatic carbocycles. The second-order valence-corrected chi connectivity index (χ2v) is 9.25. The predicted molar refractivity (Wildman–Crippen MR) is 105 cm³/mol. The van der Waals surface area contributed by atoms with Crippen molar-refractivity contribution in [2.45, 2.75) is 24.9 Å². The number of nitrogens with one attached hydrogen (secondary N) is 1. The Balaban J connectivity index is 1.89. The number of halogens is 3. The van der Waals surface area contributed by atoms with E-state index in [1.807, 2.05) is 0 Å². The number of benzene rings is 2. The van der Waals surface area contributed by atoms with Crippen molar-refractivity contribution in [2.75, 3.05) is 5.32 Å². The molecule has 0 aliphatic rings. The first kappa shape index (κ1) is 20.8. The van der Waals surface area contributed by atoms with Gasteiger partial charge in [0.25, 0.3) is 0 Å². The van der Waals surface area contributed by atoms with Crippen molar-refractivity contribution < 1.29 is 21.6 Å². The molecule has 0 spiro atoms. The molecule has 0 fully saturated rings. The first-order valence-corrected chi connectivity index (χ1v) is 10.4. The van der Waals surface area contributed by atoms with Crippen LogP contribution >= 0.6 is 0 Å². The van der Waals surface area contributed by atoms with Gasteiger partial charge in [0.05, 0.1) is 17.2 Å². The maximum atomic E-state index is 14.1. The Morgan fingerprint density at radius 1 is 1.03 bits per heavy atom. The van der Waals surface area contributed by atoms with Crippen LogP contribution in [0.15, 0.2) is 48.7 Å². The van der Waals surface area contributed by atoms with E-state index in [4.69, 9.17) is 0 Å². The molecule has 152 valence electrons. The zero-order valence-corrected chi connectivity index (χ0v) is 16.5. The van der Waals surface area contributed by atoms with Crippen LogP contribution in [0, 0.1) is 17.5 Å². The molecule has 0 amide bonds. The summed E-state index contributed by atoms with van der Waals surface area (Å²) in [7, 11) is -3.28. The number of nitrogens with zero attached hydrogens (tertiary/aromatic N) is 2. The molecule has 1 heterocycles. The van der Waals surface area contributed by atoms with Gasteiger partial charge in [-0.25, -0.2) is 31.6 Å². The second kappa shape index (κ2) is 8.20. The molecule has 0 saturated heterocycles. The number of anilines is 2. The van der Waals surface area contributed by atoms with Crippen LogP contribution in [0.25, 0.3) is 11.3 Å². The molecule has 9 heteroatoms. The Morgan fingerprint density at radius 3 is 2.48 bits per heavy atom. The largest absolute Gasteiger partial charge is 0.324 e. The number of sulfone groups is 1. The third kappa shape index (κ3) is 4.92. The van der Waals surface area contributed by atoms with E-state index >= 15 is 0 Å². The van der Waals surface area contributed by atoms with E-state index in [2.05, 4.69) is 15.3 Å². The zero-order chi connectivity index (χ0) is 21.2. The monoisotopic (exact) mass is 421 g/mol. The fourth-order valence-corrected chi connectivity index (χ4v) is 3.54. The van der Waals surface area contributed by atoms with Crippen LogP contribution in [0.5, 0.6) is 0 Å². The molecule has 0 saturated carbocycles. The Kier molecular flexibility index (Phi) is 5.88.